The van der Waals surface area contributed by atoms with Crippen LogP contribution in [0.25, 0.3) is 0 Å². The van der Waals surface area contributed by atoms with Crippen molar-refractivity contribution in [3.8, 4) is 0 Å². The molecule has 2 heterocycles. The van der Waals surface area contributed by atoms with Crippen LogP contribution in [0.3, 0.4) is 0 Å². The molecular weight excluding hydrogens is 668 g/mol. The molecule has 0 aromatic heterocycles. The number of benzene rings is 2. The Labute approximate surface area is 315 Å². The largest absolute Gasteiger partial charge is 0.346 e. The van der Waals surface area contributed by atoms with E-state index < -0.39 is 30.0 Å². The number of hydrogen-bond acceptors (Lipinski definition) is 8. The summed E-state index contributed by atoms with van der Waals surface area (Å²) < 4.78 is 0. The lowest BCUT2D eigenvalue weighted by molar-refractivity contribution is -0.152. The van der Waals surface area contributed by atoms with E-state index in [2.05, 4.69) is 5.32 Å². The highest BCUT2D eigenvalue weighted by atomic mass is 16.2. The van der Waals surface area contributed by atoms with Crippen molar-refractivity contribution >= 4 is 29.3 Å². The van der Waals surface area contributed by atoms with Gasteiger partial charge in [0.15, 0.2) is 11.6 Å². The van der Waals surface area contributed by atoms with Crippen molar-refractivity contribution in [3.05, 3.63) is 71.8 Å². The minimum atomic E-state index is -0.799. The molecule has 2 aliphatic rings. The summed E-state index contributed by atoms with van der Waals surface area (Å²) in [6.45, 7) is 8.68. The van der Waals surface area contributed by atoms with E-state index in [0.717, 1.165) is 36.8 Å². The molecule has 2 saturated heterocycles. The third-order valence-corrected chi connectivity index (χ3v) is 11.0. The van der Waals surface area contributed by atoms with Crippen molar-refractivity contribution in [2.45, 2.75) is 103 Å². The summed E-state index contributed by atoms with van der Waals surface area (Å²) in [5, 5.41) is 3.03. The Bertz CT molecular complexity index is 1500. The highest BCUT2D eigenvalue weighted by molar-refractivity contribution is 5.95. The quantitative estimate of drug-likeness (QED) is 0.150. The molecule has 2 aromatic rings. The van der Waals surface area contributed by atoms with E-state index in [-0.39, 0.29) is 53.5 Å². The first-order valence-corrected chi connectivity index (χ1v) is 19.5. The van der Waals surface area contributed by atoms with Crippen molar-refractivity contribution in [2.24, 2.45) is 40.4 Å². The van der Waals surface area contributed by atoms with Crippen LogP contribution < -0.4 is 22.5 Å². The van der Waals surface area contributed by atoms with Crippen LogP contribution in [0.2, 0.25) is 0 Å². The van der Waals surface area contributed by atoms with Gasteiger partial charge in [0, 0.05) is 56.3 Å². The Hall–Kier alpha value is -3.93. The topological polar surface area (TPSA) is 182 Å². The van der Waals surface area contributed by atoms with Gasteiger partial charge >= 0.3 is 0 Å². The third kappa shape index (κ3) is 12.3. The molecule has 2 aliphatic heterocycles. The molecule has 290 valence electrons. The zero-order valence-electron chi connectivity index (χ0n) is 32.0. The Kier molecular flexibility index (Phi) is 15.7. The monoisotopic (exact) mass is 730 g/mol. The van der Waals surface area contributed by atoms with Crippen LogP contribution in [-0.4, -0.2) is 89.9 Å². The number of rotatable bonds is 20. The van der Waals surface area contributed by atoms with Crippen LogP contribution in [0.15, 0.2) is 60.7 Å². The van der Waals surface area contributed by atoms with E-state index in [1.165, 1.54) is 0 Å². The summed E-state index contributed by atoms with van der Waals surface area (Å²) in [7, 11) is 0. The molecule has 2 fully saturated rings. The molecule has 0 saturated carbocycles. The zero-order chi connectivity index (χ0) is 38.5. The number of nitrogens with two attached hydrogens (primary N) is 3. The summed E-state index contributed by atoms with van der Waals surface area (Å²) >= 11 is 0. The molecule has 11 heteroatoms. The summed E-state index contributed by atoms with van der Waals surface area (Å²) in [6.07, 6.45) is 4.68. The fourth-order valence-corrected chi connectivity index (χ4v) is 7.78. The fraction of sp³-hybridized carbons (Fsp3) is 0.595. The molecule has 11 nitrogen and oxygen atoms in total. The van der Waals surface area contributed by atoms with E-state index in [4.69, 9.17) is 17.2 Å². The van der Waals surface area contributed by atoms with Crippen LogP contribution in [-0.2, 0) is 36.8 Å². The first-order valence-electron chi connectivity index (χ1n) is 19.5. The maximum absolute atomic E-state index is 14.1. The molecular formula is C42H62N6O5. The van der Waals surface area contributed by atoms with E-state index in [0.29, 0.717) is 58.4 Å². The van der Waals surface area contributed by atoms with Gasteiger partial charge in [0.25, 0.3) is 0 Å². The number of likely N-dealkylation sites (tertiary alicyclic amines) is 2. The first kappa shape index (κ1) is 41.8. The standard InChI is InChI=1S/C42H62N6O5/c1-29(2)22-36(46-39(51)34(23-31-12-6-4-7-13-31)26-37(49)35(45)24-32-14-8-5-9-15-32)38(50)25-33(16-10-11-19-43)41(53)47-20-17-42(18-21-47)27-48(28-42)40(52)30(3)44/h4-9,12-15,29-30,33-36H,10-11,16-28,43-45H2,1-3H3,(H,46,51)/t30-,33+,34+,35-,36-/m1/s1. The number of hydrogen-bond donors (Lipinski definition) is 4. The number of nitrogens with one attached hydrogen (secondary N) is 1. The summed E-state index contributed by atoms with van der Waals surface area (Å²) in [5.74, 6) is -1.98. The van der Waals surface area contributed by atoms with Gasteiger partial charge in [0.1, 0.15) is 0 Å². The maximum atomic E-state index is 14.1. The van der Waals surface area contributed by atoms with E-state index in [9.17, 15) is 24.0 Å². The number of ketones is 2. The lowest BCUT2D eigenvalue weighted by Gasteiger charge is -2.54. The predicted octanol–water partition coefficient (Wildman–Crippen LogP) is 3.41. The molecule has 4 rings (SSSR count). The molecule has 0 radical (unpaired) electrons. The number of unbranched alkanes of at least 4 members (excludes halogenated alkanes) is 1. The van der Waals surface area contributed by atoms with Crippen molar-refractivity contribution in [1.29, 1.82) is 0 Å². The van der Waals surface area contributed by atoms with Gasteiger partial charge < -0.3 is 32.3 Å². The normalized spacial score (nSPS) is 18.1. The number of carbonyl (C=O) groups is 5. The van der Waals surface area contributed by atoms with Crippen molar-refractivity contribution in [3.63, 3.8) is 0 Å². The average molecular weight is 731 g/mol. The van der Waals surface area contributed by atoms with Crippen molar-refractivity contribution in [1.82, 2.24) is 15.1 Å². The van der Waals surface area contributed by atoms with E-state index in [1.54, 1.807) is 11.8 Å². The Morgan fingerprint density at radius 1 is 0.736 bits per heavy atom. The SMILES string of the molecule is CC(C)C[C@@H](NC(=O)[C@H](CC(=O)[C@H](N)Cc1ccccc1)Cc1ccccc1)C(=O)C[C@H](CCCCN)C(=O)N1CCC2(CC1)CN(C(=O)[C@@H](C)N)C2. The number of nitrogens with zero attached hydrogens (tertiary/aromatic N) is 2. The minimum absolute atomic E-state index is 0.0158. The Morgan fingerprint density at radius 3 is 1.85 bits per heavy atom. The molecule has 5 atom stereocenters. The average Bonchev–Trinajstić information content (AvgIpc) is 3.12. The molecule has 0 unspecified atom stereocenters. The van der Waals surface area contributed by atoms with Crippen LogP contribution in [0.5, 0.6) is 0 Å². The summed E-state index contributed by atoms with van der Waals surface area (Å²) in [4.78, 5) is 71.7. The van der Waals surface area contributed by atoms with E-state index >= 15 is 0 Å². The van der Waals surface area contributed by atoms with Crippen LogP contribution in [0.4, 0.5) is 0 Å². The second-order valence-corrected chi connectivity index (χ2v) is 16.0. The molecule has 1 spiro atoms. The fourth-order valence-electron chi connectivity index (χ4n) is 7.78. The number of amides is 3. The van der Waals surface area contributed by atoms with Gasteiger partial charge in [-0.1, -0.05) is 80.9 Å². The van der Waals surface area contributed by atoms with Gasteiger partial charge in [-0.2, -0.15) is 0 Å². The zero-order valence-corrected chi connectivity index (χ0v) is 32.0. The third-order valence-electron chi connectivity index (χ3n) is 11.0. The second kappa shape index (κ2) is 19.9. The Morgan fingerprint density at radius 2 is 1.30 bits per heavy atom. The van der Waals surface area contributed by atoms with Gasteiger partial charge in [-0.15, -0.1) is 0 Å². The van der Waals surface area contributed by atoms with E-state index in [1.807, 2.05) is 79.4 Å². The predicted molar refractivity (Wildman–Crippen MR) is 207 cm³/mol. The number of piperidine rings is 1. The lowest BCUT2D eigenvalue weighted by atomic mass is 9.71. The van der Waals surface area contributed by atoms with Gasteiger partial charge in [-0.25, -0.2) is 0 Å². The molecule has 7 N–H and O–H groups in total. The van der Waals surface area contributed by atoms with Gasteiger partial charge in [-0.05, 0) is 75.5 Å². The van der Waals surface area contributed by atoms with Gasteiger partial charge in [-0.3, -0.25) is 24.0 Å². The molecule has 0 bridgehead atoms. The lowest BCUT2D eigenvalue weighted by Crippen LogP contribution is -2.64. The molecule has 53 heavy (non-hydrogen) atoms. The highest BCUT2D eigenvalue weighted by Gasteiger charge is 2.48. The van der Waals surface area contributed by atoms with Gasteiger partial charge in [0.2, 0.25) is 17.7 Å². The number of Topliss-reactive ketones (excluding diaryl/α,β-unsaturated/α-hetero) is 2. The van der Waals surface area contributed by atoms with Crippen LogP contribution >= 0.6 is 0 Å². The van der Waals surface area contributed by atoms with Crippen LogP contribution in [0, 0.1) is 23.2 Å². The maximum Gasteiger partial charge on any atom is 0.239 e. The first-order chi connectivity index (χ1) is 25.3. The van der Waals surface area contributed by atoms with Crippen molar-refractivity contribution < 1.29 is 24.0 Å². The summed E-state index contributed by atoms with van der Waals surface area (Å²) in [5.41, 5.74) is 19.8. The smallest absolute Gasteiger partial charge is 0.239 e. The minimum Gasteiger partial charge on any atom is -0.346 e. The van der Waals surface area contributed by atoms with Gasteiger partial charge in [0.05, 0.1) is 18.1 Å². The van der Waals surface area contributed by atoms with Crippen molar-refractivity contribution in [2.75, 3.05) is 32.7 Å². The Balaban J connectivity index is 1.44. The second-order valence-electron chi connectivity index (χ2n) is 16.0. The number of carbonyl (C=O) groups excluding carboxylic acids is 5. The molecule has 2 aromatic carbocycles. The molecule has 3 amide bonds. The highest BCUT2D eigenvalue weighted by Crippen LogP contribution is 2.41. The summed E-state index contributed by atoms with van der Waals surface area (Å²) in [6, 6.07) is 17.0. The van der Waals surface area contributed by atoms with Crippen LogP contribution in [0.1, 0.15) is 83.3 Å². The molecule has 0 aliphatic carbocycles.